The summed E-state index contributed by atoms with van der Waals surface area (Å²) in [4.78, 5) is 24.8. The lowest BCUT2D eigenvalue weighted by molar-refractivity contribution is -0.140. The third-order valence-electron chi connectivity index (χ3n) is 2.84. The van der Waals surface area contributed by atoms with E-state index in [-0.39, 0.29) is 12.5 Å². The standard InChI is InChI=1S/C13H15NO4/c1-8-4-5-11-10(6-8)14(7-12(15)17-3)13(16)9(2)18-11/h4-6,9H,7H2,1-3H3. The van der Waals surface area contributed by atoms with Crippen LogP contribution in [-0.4, -0.2) is 31.6 Å². The van der Waals surface area contributed by atoms with E-state index in [1.54, 1.807) is 13.0 Å². The molecule has 2 rings (SSSR count). The maximum Gasteiger partial charge on any atom is 0.325 e. The van der Waals surface area contributed by atoms with Gasteiger partial charge in [0.15, 0.2) is 6.10 Å². The lowest BCUT2D eigenvalue weighted by atomic mass is 10.1. The number of anilines is 1. The van der Waals surface area contributed by atoms with E-state index in [1.165, 1.54) is 12.0 Å². The van der Waals surface area contributed by atoms with Gasteiger partial charge in [-0.15, -0.1) is 0 Å². The molecule has 96 valence electrons. The number of benzene rings is 1. The molecule has 18 heavy (non-hydrogen) atoms. The van der Waals surface area contributed by atoms with Crippen molar-refractivity contribution in [2.45, 2.75) is 20.0 Å². The van der Waals surface area contributed by atoms with Crippen LogP contribution in [0.3, 0.4) is 0 Å². The third-order valence-corrected chi connectivity index (χ3v) is 2.84. The molecule has 1 aromatic rings. The number of fused-ring (bicyclic) bond motifs is 1. The zero-order valence-corrected chi connectivity index (χ0v) is 10.6. The molecule has 5 nitrogen and oxygen atoms in total. The number of hydrogen-bond acceptors (Lipinski definition) is 4. The minimum atomic E-state index is -0.593. The summed E-state index contributed by atoms with van der Waals surface area (Å²) in [5.41, 5.74) is 1.61. The first kappa shape index (κ1) is 12.4. The predicted molar refractivity (Wildman–Crippen MR) is 65.6 cm³/mol. The third kappa shape index (κ3) is 2.16. The van der Waals surface area contributed by atoms with Crippen LogP contribution in [0.2, 0.25) is 0 Å². The maximum atomic E-state index is 12.0. The van der Waals surface area contributed by atoms with Crippen molar-refractivity contribution in [3.05, 3.63) is 23.8 Å². The predicted octanol–water partition coefficient (Wildman–Crippen LogP) is 1.28. The minimum absolute atomic E-state index is 0.0977. The van der Waals surface area contributed by atoms with Gasteiger partial charge in [-0.3, -0.25) is 14.5 Å². The van der Waals surface area contributed by atoms with Crippen molar-refractivity contribution >= 4 is 17.6 Å². The SMILES string of the molecule is COC(=O)CN1C(=O)C(C)Oc2ccc(C)cc21. The fourth-order valence-electron chi connectivity index (χ4n) is 1.87. The van der Waals surface area contributed by atoms with Gasteiger partial charge in [0, 0.05) is 0 Å². The molecule has 1 unspecified atom stereocenters. The molecule has 0 spiro atoms. The fourth-order valence-corrected chi connectivity index (χ4v) is 1.87. The average molecular weight is 249 g/mol. The molecule has 1 aromatic carbocycles. The summed E-state index contributed by atoms with van der Waals surface area (Å²) < 4.78 is 10.1. The molecule has 5 heteroatoms. The summed E-state index contributed by atoms with van der Waals surface area (Å²) in [6.45, 7) is 3.48. The first-order valence-electron chi connectivity index (χ1n) is 5.68. The number of carbonyl (C=O) groups is 2. The summed E-state index contributed by atoms with van der Waals surface area (Å²) in [6, 6.07) is 5.53. The lowest BCUT2D eigenvalue weighted by Gasteiger charge is -2.32. The Labute approximate surface area is 105 Å². The summed E-state index contributed by atoms with van der Waals surface area (Å²) in [7, 11) is 1.30. The molecule has 0 aliphatic carbocycles. The van der Waals surface area contributed by atoms with Crippen LogP contribution in [0.25, 0.3) is 0 Å². The molecule has 0 radical (unpaired) electrons. The maximum absolute atomic E-state index is 12.0. The van der Waals surface area contributed by atoms with E-state index in [9.17, 15) is 9.59 Å². The highest BCUT2D eigenvalue weighted by atomic mass is 16.5. The van der Waals surface area contributed by atoms with Crippen LogP contribution in [0.4, 0.5) is 5.69 Å². The van der Waals surface area contributed by atoms with Crippen LogP contribution in [0.1, 0.15) is 12.5 Å². The Morgan fingerprint density at radius 3 is 2.89 bits per heavy atom. The van der Waals surface area contributed by atoms with Crippen LogP contribution in [0.15, 0.2) is 18.2 Å². The molecule has 1 amide bonds. The Kier molecular flexibility index (Phi) is 3.23. The van der Waals surface area contributed by atoms with Crippen molar-refractivity contribution in [3.63, 3.8) is 0 Å². The van der Waals surface area contributed by atoms with Gasteiger partial charge < -0.3 is 9.47 Å². The highest BCUT2D eigenvalue weighted by Gasteiger charge is 2.32. The number of esters is 1. The van der Waals surface area contributed by atoms with E-state index >= 15 is 0 Å². The van der Waals surface area contributed by atoms with Gasteiger partial charge in [0.05, 0.1) is 12.8 Å². The van der Waals surface area contributed by atoms with E-state index < -0.39 is 12.1 Å². The van der Waals surface area contributed by atoms with Gasteiger partial charge in [0.25, 0.3) is 5.91 Å². The van der Waals surface area contributed by atoms with E-state index in [1.807, 2.05) is 19.1 Å². The topological polar surface area (TPSA) is 55.8 Å². The number of carbonyl (C=O) groups excluding carboxylic acids is 2. The smallest absolute Gasteiger partial charge is 0.325 e. The Morgan fingerprint density at radius 1 is 1.50 bits per heavy atom. The first-order valence-corrected chi connectivity index (χ1v) is 5.68. The summed E-state index contributed by atoms with van der Waals surface area (Å²) in [5, 5.41) is 0. The summed E-state index contributed by atoms with van der Waals surface area (Å²) in [6.07, 6.45) is -0.593. The molecular weight excluding hydrogens is 234 g/mol. The van der Waals surface area contributed by atoms with Crippen molar-refractivity contribution in [2.24, 2.45) is 0 Å². The van der Waals surface area contributed by atoms with Crippen LogP contribution in [0, 0.1) is 6.92 Å². The Balaban J connectivity index is 2.40. The normalized spacial score (nSPS) is 18.1. The molecule has 0 saturated carbocycles. The van der Waals surface area contributed by atoms with Gasteiger partial charge >= 0.3 is 5.97 Å². The van der Waals surface area contributed by atoms with Gasteiger partial charge in [0.2, 0.25) is 0 Å². The van der Waals surface area contributed by atoms with E-state index in [2.05, 4.69) is 4.74 Å². The largest absolute Gasteiger partial charge is 0.479 e. The number of rotatable bonds is 2. The molecule has 0 fully saturated rings. The molecular formula is C13H15NO4. The van der Waals surface area contributed by atoms with Gasteiger partial charge in [-0.2, -0.15) is 0 Å². The van der Waals surface area contributed by atoms with Gasteiger partial charge in [-0.05, 0) is 31.5 Å². The number of aryl methyl sites for hydroxylation is 1. The molecule has 0 N–H and O–H groups in total. The second-order valence-electron chi connectivity index (χ2n) is 4.23. The van der Waals surface area contributed by atoms with Crippen LogP contribution >= 0.6 is 0 Å². The summed E-state index contributed by atoms with van der Waals surface area (Å²) >= 11 is 0. The molecule has 0 saturated heterocycles. The Bertz CT molecular complexity index is 498. The van der Waals surface area contributed by atoms with Crippen molar-refractivity contribution in [2.75, 3.05) is 18.6 Å². The average Bonchev–Trinajstić information content (AvgIpc) is 2.35. The van der Waals surface area contributed by atoms with Crippen LogP contribution in [0.5, 0.6) is 5.75 Å². The molecule has 1 aliphatic heterocycles. The van der Waals surface area contributed by atoms with Gasteiger partial charge in [-0.25, -0.2) is 0 Å². The molecule has 0 aromatic heterocycles. The highest BCUT2D eigenvalue weighted by molar-refractivity contribution is 6.03. The van der Waals surface area contributed by atoms with E-state index in [4.69, 9.17) is 4.74 Å². The molecule has 1 atom stereocenters. The van der Waals surface area contributed by atoms with Crippen molar-refractivity contribution in [1.82, 2.24) is 0 Å². The van der Waals surface area contributed by atoms with Crippen molar-refractivity contribution in [3.8, 4) is 5.75 Å². The van der Waals surface area contributed by atoms with Crippen molar-refractivity contribution < 1.29 is 19.1 Å². The highest BCUT2D eigenvalue weighted by Crippen LogP contribution is 2.34. The number of amides is 1. The Hall–Kier alpha value is -2.04. The quantitative estimate of drug-likeness (QED) is 0.741. The van der Waals surface area contributed by atoms with E-state index in [0.717, 1.165) is 5.56 Å². The fraction of sp³-hybridized carbons (Fsp3) is 0.385. The van der Waals surface area contributed by atoms with E-state index in [0.29, 0.717) is 11.4 Å². The monoisotopic (exact) mass is 249 g/mol. The Morgan fingerprint density at radius 2 is 2.22 bits per heavy atom. The molecule has 1 aliphatic rings. The second kappa shape index (κ2) is 4.68. The first-order chi connectivity index (χ1) is 8.52. The number of methoxy groups -OCH3 is 1. The number of ether oxygens (including phenoxy) is 2. The van der Waals surface area contributed by atoms with Crippen LogP contribution < -0.4 is 9.64 Å². The zero-order chi connectivity index (χ0) is 13.3. The lowest BCUT2D eigenvalue weighted by Crippen LogP contribution is -2.46. The minimum Gasteiger partial charge on any atom is -0.479 e. The summed E-state index contributed by atoms with van der Waals surface area (Å²) in [5.74, 6) is -0.0833. The second-order valence-corrected chi connectivity index (χ2v) is 4.23. The molecule has 1 heterocycles. The van der Waals surface area contributed by atoms with Crippen molar-refractivity contribution in [1.29, 1.82) is 0 Å². The van der Waals surface area contributed by atoms with Crippen LogP contribution in [-0.2, 0) is 14.3 Å². The van der Waals surface area contributed by atoms with Gasteiger partial charge in [-0.1, -0.05) is 6.07 Å². The van der Waals surface area contributed by atoms with Gasteiger partial charge in [0.1, 0.15) is 12.3 Å². The number of hydrogen-bond donors (Lipinski definition) is 0. The zero-order valence-electron chi connectivity index (χ0n) is 10.6. The molecule has 0 bridgehead atoms. The number of nitrogens with zero attached hydrogens (tertiary/aromatic N) is 1.